The summed E-state index contributed by atoms with van der Waals surface area (Å²) in [6, 6.07) is 41.5. The van der Waals surface area contributed by atoms with E-state index in [9.17, 15) is 0 Å². The molecule has 3 aromatic heterocycles. The van der Waals surface area contributed by atoms with Gasteiger partial charge in [0.05, 0.1) is 28.1 Å². The van der Waals surface area contributed by atoms with Gasteiger partial charge in [0.25, 0.3) is 0 Å². The Labute approximate surface area is 257 Å². The van der Waals surface area contributed by atoms with E-state index in [0.717, 1.165) is 56.4 Å². The first-order chi connectivity index (χ1) is 21.3. The monoisotopic (exact) mass is 568 g/mol. The van der Waals surface area contributed by atoms with Gasteiger partial charge in [-0.05, 0) is 53.1 Å². The average molecular weight is 569 g/mol. The Morgan fingerprint density at radius 1 is 0.545 bits per heavy atom. The maximum absolute atomic E-state index is 5.50. The molecule has 212 valence electrons. The maximum Gasteiger partial charge on any atom is 0.138 e. The minimum absolute atomic E-state index is 0.150. The lowest BCUT2D eigenvalue weighted by Gasteiger charge is -2.47. The molecule has 4 heterocycles. The number of aromatic amines is 1. The van der Waals surface area contributed by atoms with Crippen LogP contribution in [0.1, 0.15) is 38.8 Å². The zero-order valence-electron chi connectivity index (χ0n) is 25.3. The molecule has 1 N–H and O–H groups in total. The Bertz CT molecular complexity index is 2290. The number of fused-ring (bicyclic) bond motifs is 7. The molecule has 4 nitrogen and oxygen atoms in total. The number of hydrogen-bond acceptors (Lipinski definition) is 3. The molecule has 44 heavy (non-hydrogen) atoms. The molecule has 4 aromatic carbocycles. The lowest BCUT2D eigenvalue weighted by atomic mass is 9.57. The third-order valence-corrected chi connectivity index (χ3v) is 10.5. The number of nitrogens with zero attached hydrogens (tertiary/aromatic N) is 3. The summed E-state index contributed by atoms with van der Waals surface area (Å²) in [6.45, 7) is 9.36. The van der Waals surface area contributed by atoms with Crippen molar-refractivity contribution in [2.24, 2.45) is 0 Å². The van der Waals surface area contributed by atoms with E-state index < -0.39 is 0 Å². The van der Waals surface area contributed by atoms with E-state index in [2.05, 4.69) is 153 Å². The number of nitrogens with one attached hydrogen (secondary N) is 1. The molecule has 0 spiro atoms. The second-order valence-electron chi connectivity index (χ2n) is 13.2. The quantitative estimate of drug-likeness (QED) is 0.214. The lowest BCUT2D eigenvalue weighted by molar-refractivity contribution is 0.297. The minimum atomic E-state index is -0.156. The van der Waals surface area contributed by atoms with Crippen molar-refractivity contribution >= 4 is 39.0 Å². The molecule has 1 aliphatic carbocycles. The second-order valence-corrected chi connectivity index (χ2v) is 13.2. The molecule has 0 radical (unpaired) electrons. The van der Waals surface area contributed by atoms with Crippen molar-refractivity contribution in [3.63, 3.8) is 0 Å². The summed E-state index contributed by atoms with van der Waals surface area (Å²) in [4.78, 5) is 17.1. The van der Waals surface area contributed by atoms with Crippen LogP contribution in [0.2, 0.25) is 0 Å². The number of aromatic nitrogens is 3. The van der Waals surface area contributed by atoms with E-state index in [0.29, 0.717) is 0 Å². The first kappa shape index (κ1) is 25.3. The number of para-hydroxylation sites is 3. The highest BCUT2D eigenvalue weighted by Gasteiger charge is 2.47. The molecular formula is C40H32N4. The van der Waals surface area contributed by atoms with Crippen LogP contribution in [0.15, 0.2) is 115 Å². The Morgan fingerprint density at radius 2 is 1.16 bits per heavy atom. The van der Waals surface area contributed by atoms with Gasteiger partial charge in [0.15, 0.2) is 0 Å². The second kappa shape index (κ2) is 8.67. The molecule has 4 heteroatoms. The van der Waals surface area contributed by atoms with Crippen LogP contribution in [0.3, 0.4) is 0 Å². The maximum atomic E-state index is 5.50. The summed E-state index contributed by atoms with van der Waals surface area (Å²) in [5.74, 6) is 0.873. The Hall–Kier alpha value is -5.22. The van der Waals surface area contributed by atoms with Crippen LogP contribution >= 0.6 is 0 Å². The third-order valence-electron chi connectivity index (χ3n) is 10.5. The Morgan fingerprint density at radius 3 is 1.91 bits per heavy atom. The minimum Gasteiger partial charge on any atom is -0.353 e. The van der Waals surface area contributed by atoms with Crippen LogP contribution in [0, 0.1) is 0 Å². The normalized spacial score (nSPS) is 15.6. The van der Waals surface area contributed by atoms with Crippen molar-refractivity contribution in [1.29, 1.82) is 0 Å². The average Bonchev–Trinajstić information content (AvgIpc) is 3.43. The fourth-order valence-electron chi connectivity index (χ4n) is 7.43. The number of hydrogen-bond donors (Lipinski definition) is 1. The molecule has 1 aliphatic heterocycles. The highest BCUT2D eigenvalue weighted by molar-refractivity contribution is 6.15. The van der Waals surface area contributed by atoms with Crippen molar-refractivity contribution in [2.75, 3.05) is 4.90 Å². The smallest absolute Gasteiger partial charge is 0.138 e. The van der Waals surface area contributed by atoms with Crippen molar-refractivity contribution < 1.29 is 0 Å². The molecule has 9 rings (SSSR count). The van der Waals surface area contributed by atoms with Crippen LogP contribution in [-0.4, -0.2) is 15.0 Å². The van der Waals surface area contributed by atoms with Gasteiger partial charge in [-0.2, -0.15) is 0 Å². The number of rotatable bonds is 1. The van der Waals surface area contributed by atoms with E-state index >= 15 is 0 Å². The summed E-state index contributed by atoms with van der Waals surface area (Å²) in [6.07, 6.45) is 0. The molecule has 2 aliphatic rings. The van der Waals surface area contributed by atoms with Crippen LogP contribution in [0.5, 0.6) is 0 Å². The third kappa shape index (κ3) is 3.28. The van der Waals surface area contributed by atoms with Crippen LogP contribution in [-0.2, 0) is 10.8 Å². The molecule has 0 saturated carbocycles. The SMILES string of the molecule is CC1(C)c2ccc3nc2-c2nc(ccc2C1(C)C)N(c1ccccc1)c1cccc(c1)-c1cccc2c1[nH]c1c-3cccc12. The van der Waals surface area contributed by atoms with Gasteiger partial charge < -0.3 is 4.98 Å². The summed E-state index contributed by atoms with van der Waals surface area (Å²) < 4.78 is 0. The van der Waals surface area contributed by atoms with Gasteiger partial charge in [-0.1, -0.05) is 107 Å². The Balaban J connectivity index is 1.46. The molecule has 8 bridgehead atoms. The molecule has 7 aromatic rings. The standard InChI is InChI=1S/C40H32N4/c1-39(2)31-19-21-33-30-18-10-17-29-28-16-9-15-27(35(28)43-36(29)30)24-11-8-14-26(23-24)44(25-12-6-5-7-13-25)34-22-20-32(40(39,3)4)38(42-34)37(31)41-33/h5-23,43H,1-4H3. The fourth-order valence-corrected chi connectivity index (χ4v) is 7.43. The van der Waals surface area contributed by atoms with E-state index in [1.165, 1.54) is 27.5 Å². The van der Waals surface area contributed by atoms with E-state index in [1.807, 2.05) is 0 Å². The van der Waals surface area contributed by atoms with Gasteiger partial charge in [-0.25, -0.2) is 9.97 Å². The van der Waals surface area contributed by atoms with Crippen molar-refractivity contribution in [1.82, 2.24) is 15.0 Å². The van der Waals surface area contributed by atoms with E-state index in [1.54, 1.807) is 0 Å². The van der Waals surface area contributed by atoms with Crippen LogP contribution in [0.4, 0.5) is 17.2 Å². The van der Waals surface area contributed by atoms with Gasteiger partial charge in [0.1, 0.15) is 5.82 Å². The molecule has 0 saturated heterocycles. The molecule has 0 amide bonds. The predicted octanol–water partition coefficient (Wildman–Crippen LogP) is 10.5. The van der Waals surface area contributed by atoms with Crippen molar-refractivity contribution in [3.05, 3.63) is 126 Å². The summed E-state index contributed by atoms with van der Waals surface area (Å²) in [7, 11) is 0. The zero-order chi connectivity index (χ0) is 29.8. The van der Waals surface area contributed by atoms with Crippen LogP contribution in [0.25, 0.3) is 55.6 Å². The number of anilines is 3. The van der Waals surface area contributed by atoms with Gasteiger partial charge in [0.2, 0.25) is 0 Å². The highest BCUT2D eigenvalue weighted by Crippen LogP contribution is 2.54. The van der Waals surface area contributed by atoms with E-state index in [-0.39, 0.29) is 10.8 Å². The molecule has 0 atom stereocenters. The van der Waals surface area contributed by atoms with Crippen LogP contribution < -0.4 is 4.90 Å². The van der Waals surface area contributed by atoms with Gasteiger partial charge in [-0.15, -0.1) is 0 Å². The zero-order valence-corrected chi connectivity index (χ0v) is 25.3. The van der Waals surface area contributed by atoms with Gasteiger partial charge >= 0.3 is 0 Å². The molecular weight excluding hydrogens is 536 g/mol. The first-order valence-electron chi connectivity index (χ1n) is 15.4. The molecule has 0 unspecified atom stereocenters. The fraction of sp³-hybridized carbons (Fsp3) is 0.150. The largest absolute Gasteiger partial charge is 0.353 e. The summed E-state index contributed by atoms with van der Waals surface area (Å²) in [5.41, 5.74) is 12.8. The predicted molar refractivity (Wildman–Crippen MR) is 182 cm³/mol. The lowest BCUT2D eigenvalue weighted by Crippen LogP contribution is -2.44. The number of H-pyrrole nitrogens is 1. The van der Waals surface area contributed by atoms with Crippen molar-refractivity contribution in [2.45, 2.75) is 38.5 Å². The summed E-state index contributed by atoms with van der Waals surface area (Å²) >= 11 is 0. The number of pyridine rings is 2. The van der Waals surface area contributed by atoms with Gasteiger partial charge in [0, 0.05) is 44.1 Å². The highest BCUT2D eigenvalue weighted by atomic mass is 15.2. The first-order valence-corrected chi connectivity index (χ1v) is 15.4. The van der Waals surface area contributed by atoms with Crippen molar-refractivity contribution in [3.8, 4) is 33.8 Å². The Kier molecular flexibility index (Phi) is 4.98. The topological polar surface area (TPSA) is 44.8 Å². The van der Waals surface area contributed by atoms with E-state index in [4.69, 9.17) is 9.97 Å². The summed E-state index contributed by atoms with van der Waals surface area (Å²) in [5, 5.41) is 2.42. The molecule has 0 fully saturated rings. The number of benzene rings is 4. The van der Waals surface area contributed by atoms with Gasteiger partial charge in [-0.3, -0.25) is 4.90 Å².